The molecule has 0 N–H and O–H groups in total. The minimum atomic E-state index is 0.823. The van der Waals surface area contributed by atoms with E-state index in [9.17, 15) is 0 Å². The van der Waals surface area contributed by atoms with E-state index < -0.39 is 0 Å². The lowest BCUT2D eigenvalue weighted by molar-refractivity contribution is 0.255. The second kappa shape index (κ2) is 7.96. The number of rotatable bonds is 7. The Hall–Kier alpha value is -0.260. The molecule has 0 heterocycles. The number of allylic oxidation sites excluding steroid dienone is 2. The molecule has 0 nitrogen and oxygen atoms in total. The van der Waals surface area contributed by atoms with E-state index in [2.05, 4.69) is 53.7 Å². The molecule has 90 valence electrons. The molecule has 0 aliphatic heterocycles. The molecule has 3 unspecified atom stereocenters. The molecule has 0 saturated heterocycles. The maximum Gasteiger partial charge on any atom is -0.0322 e. The standard InChI is InChI=1S/C15H30/c1-7-8-9-13(4)15(6)14(5)11-10-12(2)3/h7-8,12-15H,9-11H2,1-6H3. The Kier molecular flexibility index (Phi) is 7.82. The van der Waals surface area contributed by atoms with E-state index in [1.54, 1.807) is 0 Å². The van der Waals surface area contributed by atoms with Gasteiger partial charge >= 0.3 is 0 Å². The van der Waals surface area contributed by atoms with Crippen LogP contribution in [0.5, 0.6) is 0 Å². The Labute approximate surface area is 97.2 Å². The van der Waals surface area contributed by atoms with Crippen molar-refractivity contribution >= 4 is 0 Å². The fraction of sp³-hybridized carbons (Fsp3) is 0.867. The molecule has 0 aromatic heterocycles. The van der Waals surface area contributed by atoms with Crippen molar-refractivity contribution < 1.29 is 0 Å². The Morgan fingerprint density at radius 2 is 1.47 bits per heavy atom. The first-order valence-corrected chi connectivity index (χ1v) is 6.60. The minimum absolute atomic E-state index is 0.823. The summed E-state index contributed by atoms with van der Waals surface area (Å²) in [7, 11) is 0. The van der Waals surface area contributed by atoms with E-state index in [-0.39, 0.29) is 0 Å². The first kappa shape index (κ1) is 14.7. The van der Waals surface area contributed by atoms with Crippen molar-refractivity contribution in [3.8, 4) is 0 Å². The quantitative estimate of drug-likeness (QED) is 0.500. The highest BCUT2D eigenvalue weighted by Gasteiger charge is 2.18. The van der Waals surface area contributed by atoms with Crippen LogP contribution in [0.3, 0.4) is 0 Å². The molecule has 0 amide bonds. The van der Waals surface area contributed by atoms with E-state index >= 15 is 0 Å². The van der Waals surface area contributed by atoms with Crippen LogP contribution < -0.4 is 0 Å². The summed E-state index contributed by atoms with van der Waals surface area (Å²) in [6.45, 7) is 14.0. The van der Waals surface area contributed by atoms with Gasteiger partial charge in [0.05, 0.1) is 0 Å². The van der Waals surface area contributed by atoms with Crippen LogP contribution in [0.1, 0.15) is 60.8 Å². The van der Waals surface area contributed by atoms with Crippen molar-refractivity contribution in [2.45, 2.75) is 60.8 Å². The third-order valence-corrected chi connectivity index (χ3v) is 3.74. The fourth-order valence-corrected chi connectivity index (χ4v) is 1.99. The molecule has 0 aromatic rings. The maximum atomic E-state index is 2.42. The normalized spacial score (nSPS) is 18.3. The SMILES string of the molecule is CC=CCC(C)C(C)C(C)CCC(C)C. The van der Waals surface area contributed by atoms with Crippen LogP contribution in [0, 0.1) is 23.7 Å². The average Bonchev–Trinajstić information content (AvgIpc) is 2.21. The molecule has 0 bridgehead atoms. The second-order valence-corrected chi connectivity index (χ2v) is 5.59. The van der Waals surface area contributed by atoms with Crippen LogP contribution in [0.2, 0.25) is 0 Å². The van der Waals surface area contributed by atoms with Crippen molar-refractivity contribution in [1.82, 2.24) is 0 Å². The lowest BCUT2D eigenvalue weighted by Gasteiger charge is -2.26. The zero-order valence-corrected chi connectivity index (χ0v) is 11.6. The van der Waals surface area contributed by atoms with Gasteiger partial charge in [-0.1, -0.05) is 59.6 Å². The summed E-state index contributed by atoms with van der Waals surface area (Å²) in [6.07, 6.45) is 8.48. The van der Waals surface area contributed by atoms with Gasteiger partial charge in [-0.05, 0) is 37.0 Å². The first-order chi connectivity index (χ1) is 6.99. The largest absolute Gasteiger partial charge is 0.0917 e. The summed E-state index contributed by atoms with van der Waals surface area (Å²) in [5.41, 5.74) is 0. The van der Waals surface area contributed by atoms with E-state index in [4.69, 9.17) is 0 Å². The van der Waals surface area contributed by atoms with Gasteiger partial charge in [-0.2, -0.15) is 0 Å². The molecular formula is C15H30. The summed E-state index contributed by atoms with van der Waals surface area (Å²) in [4.78, 5) is 0. The highest BCUT2D eigenvalue weighted by atomic mass is 14.2. The zero-order valence-electron chi connectivity index (χ0n) is 11.6. The average molecular weight is 210 g/mol. The van der Waals surface area contributed by atoms with Crippen LogP contribution >= 0.6 is 0 Å². The molecule has 15 heavy (non-hydrogen) atoms. The fourth-order valence-electron chi connectivity index (χ4n) is 1.99. The van der Waals surface area contributed by atoms with Crippen LogP contribution in [0.4, 0.5) is 0 Å². The lowest BCUT2D eigenvalue weighted by atomic mass is 9.80. The van der Waals surface area contributed by atoms with E-state index in [1.165, 1.54) is 19.3 Å². The Morgan fingerprint density at radius 1 is 0.867 bits per heavy atom. The summed E-state index contributed by atoms with van der Waals surface area (Å²) in [6, 6.07) is 0. The number of hydrogen-bond donors (Lipinski definition) is 0. The van der Waals surface area contributed by atoms with Crippen molar-refractivity contribution in [1.29, 1.82) is 0 Å². The summed E-state index contributed by atoms with van der Waals surface area (Å²) < 4.78 is 0. The molecule has 0 fully saturated rings. The molecule has 0 aliphatic carbocycles. The van der Waals surface area contributed by atoms with Gasteiger partial charge in [0.1, 0.15) is 0 Å². The molecule has 0 radical (unpaired) electrons. The maximum absolute atomic E-state index is 2.42. The molecule has 0 rings (SSSR count). The van der Waals surface area contributed by atoms with Crippen molar-refractivity contribution in [3.63, 3.8) is 0 Å². The molecular weight excluding hydrogens is 180 g/mol. The van der Waals surface area contributed by atoms with Crippen LogP contribution in [-0.2, 0) is 0 Å². The third-order valence-electron chi connectivity index (χ3n) is 3.74. The van der Waals surface area contributed by atoms with Gasteiger partial charge in [-0.25, -0.2) is 0 Å². The third kappa shape index (κ3) is 6.76. The van der Waals surface area contributed by atoms with E-state index in [0.29, 0.717) is 0 Å². The van der Waals surface area contributed by atoms with Gasteiger partial charge in [0, 0.05) is 0 Å². The van der Waals surface area contributed by atoms with Gasteiger partial charge < -0.3 is 0 Å². The Balaban J connectivity index is 3.89. The predicted octanol–water partition coefficient (Wildman–Crippen LogP) is 5.30. The van der Waals surface area contributed by atoms with Crippen molar-refractivity contribution in [2.75, 3.05) is 0 Å². The molecule has 0 aromatic carbocycles. The van der Waals surface area contributed by atoms with E-state index in [1.807, 2.05) is 0 Å². The van der Waals surface area contributed by atoms with Crippen LogP contribution in [0.25, 0.3) is 0 Å². The monoisotopic (exact) mass is 210 g/mol. The summed E-state index contributed by atoms with van der Waals surface area (Å²) >= 11 is 0. The van der Waals surface area contributed by atoms with Crippen LogP contribution in [-0.4, -0.2) is 0 Å². The van der Waals surface area contributed by atoms with Gasteiger partial charge in [0.15, 0.2) is 0 Å². The molecule has 3 atom stereocenters. The molecule has 0 aliphatic rings. The number of hydrogen-bond acceptors (Lipinski definition) is 0. The Bertz CT molecular complexity index is 167. The van der Waals surface area contributed by atoms with Gasteiger partial charge in [-0.3, -0.25) is 0 Å². The van der Waals surface area contributed by atoms with Gasteiger partial charge in [0.2, 0.25) is 0 Å². The summed E-state index contributed by atoms with van der Waals surface area (Å²) in [5, 5.41) is 0. The van der Waals surface area contributed by atoms with Gasteiger partial charge in [-0.15, -0.1) is 0 Å². The zero-order chi connectivity index (χ0) is 11.8. The second-order valence-electron chi connectivity index (χ2n) is 5.59. The van der Waals surface area contributed by atoms with Crippen molar-refractivity contribution in [2.24, 2.45) is 23.7 Å². The predicted molar refractivity (Wildman–Crippen MR) is 71.0 cm³/mol. The summed E-state index contributed by atoms with van der Waals surface area (Å²) in [5.74, 6) is 3.39. The van der Waals surface area contributed by atoms with E-state index in [0.717, 1.165) is 23.7 Å². The smallest absolute Gasteiger partial charge is 0.0322 e. The molecule has 0 spiro atoms. The minimum Gasteiger partial charge on any atom is -0.0917 e. The van der Waals surface area contributed by atoms with Crippen molar-refractivity contribution in [3.05, 3.63) is 12.2 Å². The highest BCUT2D eigenvalue weighted by Crippen LogP contribution is 2.27. The topological polar surface area (TPSA) is 0 Å². The van der Waals surface area contributed by atoms with Gasteiger partial charge in [0.25, 0.3) is 0 Å². The highest BCUT2D eigenvalue weighted by molar-refractivity contribution is 4.81. The van der Waals surface area contributed by atoms with Crippen LogP contribution in [0.15, 0.2) is 12.2 Å². The first-order valence-electron chi connectivity index (χ1n) is 6.60. The Morgan fingerprint density at radius 3 is 1.93 bits per heavy atom. The lowest BCUT2D eigenvalue weighted by Crippen LogP contribution is -2.16. The molecule has 0 saturated carbocycles. The molecule has 0 heteroatoms.